The van der Waals surface area contributed by atoms with E-state index in [9.17, 15) is 5.11 Å². The van der Waals surface area contributed by atoms with E-state index >= 15 is 0 Å². The van der Waals surface area contributed by atoms with Crippen LogP contribution in [0.25, 0.3) is 27.6 Å². The number of benzene rings is 2. The largest absolute Gasteiger partial charge is 0.508 e. The number of hydrogen-bond acceptors (Lipinski definition) is 2. The molecule has 0 aliphatic heterocycles. The Kier molecular flexibility index (Phi) is 5.79. The molecule has 32 heavy (non-hydrogen) atoms. The first-order chi connectivity index (χ1) is 15.1. The maximum atomic E-state index is 10.4. The number of phenols is 1. The quantitative estimate of drug-likeness (QED) is 0.356. The van der Waals surface area contributed by atoms with Gasteiger partial charge in [-0.2, -0.15) is 0 Å². The van der Waals surface area contributed by atoms with E-state index in [0.29, 0.717) is 11.8 Å². The summed E-state index contributed by atoms with van der Waals surface area (Å²) in [6.45, 7) is 15.8. The first-order valence-corrected chi connectivity index (χ1v) is 11.8. The van der Waals surface area contributed by atoms with Crippen molar-refractivity contribution in [1.82, 2.24) is 9.55 Å². The SMILES string of the molecule is CC(C)Cc1ccc2c(c1CC(C)C)c1ccc(O)cc1n2-c1cc(C(C)(C)C)ccn1. The summed E-state index contributed by atoms with van der Waals surface area (Å²) in [6, 6.07) is 14.6. The second-order valence-corrected chi connectivity index (χ2v) is 11.0. The zero-order valence-electron chi connectivity index (χ0n) is 20.5. The monoisotopic (exact) mass is 428 g/mol. The van der Waals surface area contributed by atoms with Crippen molar-refractivity contribution in [2.75, 3.05) is 0 Å². The van der Waals surface area contributed by atoms with Crippen molar-refractivity contribution < 1.29 is 5.11 Å². The molecule has 0 amide bonds. The zero-order chi connectivity index (χ0) is 23.2. The third-order valence-electron chi connectivity index (χ3n) is 6.20. The van der Waals surface area contributed by atoms with Gasteiger partial charge < -0.3 is 5.11 Å². The zero-order valence-corrected chi connectivity index (χ0v) is 20.5. The van der Waals surface area contributed by atoms with Gasteiger partial charge in [0.25, 0.3) is 0 Å². The third-order valence-corrected chi connectivity index (χ3v) is 6.20. The summed E-state index contributed by atoms with van der Waals surface area (Å²) < 4.78 is 2.22. The van der Waals surface area contributed by atoms with Crippen molar-refractivity contribution in [1.29, 1.82) is 0 Å². The lowest BCUT2D eigenvalue weighted by molar-refractivity contribution is 0.476. The minimum atomic E-state index is 0.0336. The maximum Gasteiger partial charge on any atom is 0.137 e. The van der Waals surface area contributed by atoms with Crippen LogP contribution in [0.1, 0.15) is 65.2 Å². The van der Waals surface area contributed by atoms with Crippen LogP contribution in [0.15, 0.2) is 48.7 Å². The van der Waals surface area contributed by atoms with E-state index in [1.165, 1.54) is 27.5 Å². The summed E-state index contributed by atoms with van der Waals surface area (Å²) in [5.41, 5.74) is 6.32. The van der Waals surface area contributed by atoms with E-state index in [2.05, 4.69) is 83.4 Å². The highest BCUT2D eigenvalue weighted by molar-refractivity contribution is 6.11. The molecule has 4 aromatic rings. The van der Waals surface area contributed by atoms with Gasteiger partial charge in [-0.1, -0.05) is 54.5 Å². The lowest BCUT2D eigenvalue weighted by Crippen LogP contribution is -2.12. The van der Waals surface area contributed by atoms with Crippen molar-refractivity contribution in [2.24, 2.45) is 11.8 Å². The highest BCUT2D eigenvalue weighted by Crippen LogP contribution is 2.38. The second kappa shape index (κ2) is 8.27. The molecule has 168 valence electrons. The van der Waals surface area contributed by atoms with Gasteiger partial charge in [0, 0.05) is 23.0 Å². The molecule has 0 bridgehead atoms. The number of rotatable bonds is 5. The Morgan fingerprint density at radius 2 is 1.59 bits per heavy atom. The average Bonchev–Trinajstić information content (AvgIpc) is 3.02. The van der Waals surface area contributed by atoms with Crippen molar-refractivity contribution in [3.63, 3.8) is 0 Å². The number of aromatic hydroxyl groups is 1. The van der Waals surface area contributed by atoms with Crippen LogP contribution < -0.4 is 0 Å². The van der Waals surface area contributed by atoms with Crippen molar-refractivity contribution >= 4 is 21.8 Å². The summed E-state index contributed by atoms with van der Waals surface area (Å²) in [4.78, 5) is 4.77. The number of pyridine rings is 1. The molecule has 0 spiro atoms. The lowest BCUT2D eigenvalue weighted by Gasteiger charge is -2.20. The predicted octanol–water partition coefficient (Wildman–Crippen LogP) is 7.58. The van der Waals surface area contributed by atoms with Crippen molar-refractivity contribution in [3.05, 3.63) is 65.4 Å². The van der Waals surface area contributed by atoms with Gasteiger partial charge >= 0.3 is 0 Å². The predicted molar refractivity (Wildman–Crippen MR) is 136 cm³/mol. The molecule has 0 saturated heterocycles. The van der Waals surface area contributed by atoms with Crippen LogP contribution in [0, 0.1) is 11.8 Å². The molecule has 4 rings (SSSR count). The van der Waals surface area contributed by atoms with Gasteiger partial charge in [-0.25, -0.2) is 4.98 Å². The fraction of sp³-hybridized carbons (Fsp3) is 0.414. The molecule has 0 fully saturated rings. The number of nitrogens with zero attached hydrogens (tertiary/aromatic N) is 2. The molecule has 2 aromatic carbocycles. The van der Waals surface area contributed by atoms with Crippen LogP contribution >= 0.6 is 0 Å². The van der Waals surface area contributed by atoms with E-state index < -0.39 is 0 Å². The standard InChI is InChI=1S/C29H36N2O/c1-18(2)14-20-8-11-25-28(24(20)15-19(3)4)23-10-9-22(32)17-26(23)31(25)27-16-21(12-13-30-27)29(5,6)7/h8-13,16-19,32H,14-15H2,1-7H3. The maximum absolute atomic E-state index is 10.4. The smallest absolute Gasteiger partial charge is 0.137 e. The van der Waals surface area contributed by atoms with Crippen LogP contribution in [0.2, 0.25) is 0 Å². The molecular weight excluding hydrogens is 392 g/mol. The molecule has 0 radical (unpaired) electrons. The van der Waals surface area contributed by atoms with Gasteiger partial charge in [0.05, 0.1) is 11.0 Å². The number of aromatic nitrogens is 2. The molecule has 3 nitrogen and oxygen atoms in total. The minimum absolute atomic E-state index is 0.0336. The van der Waals surface area contributed by atoms with Crippen molar-refractivity contribution in [2.45, 2.75) is 66.7 Å². The Balaban J connectivity index is 2.11. The van der Waals surface area contributed by atoms with E-state index in [-0.39, 0.29) is 11.2 Å². The highest BCUT2D eigenvalue weighted by Gasteiger charge is 2.21. The summed E-state index contributed by atoms with van der Waals surface area (Å²) >= 11 is 0. The Morgan fingerprint density at radius 3 is 2.25 bits per heavy atom. The summed E-state index contributed by atoms with van der Waals surface area (Å²) in [5.74, 6) is 2.33. The molecular formula is C29H36N2O. The number of hydrogen-bond donors (Lipinski definition) is 1. The molecule has 3 heteroatoms. The molecule has 2 heterocycles. The van der Waals surface area contributed by atoms with Gasteiger partial charge in [0.2, 0.25) is 0 Å². The fourth-order valence-corrected chi connectivity index (χ4v) is 4.74. The Bertz CT molecular complexity index is 1270. The first-order valence-electron chi connectivity index (χ1n) is 11.8. The lowest BCUT2D eigenvalue weighted by atomic mass is 9.88. The number of fused-ring (bicyclic) bond motifs is 3. The van der Waals surface area contributed by atoms with Gasteiger partial charge in [-0.15, -0.1) is 0 Å². The van der Waals surface area contributed by atoms with Crippen LogP contribution in [0.5, 0.6) is 5.75 Å². The molecule has 2 aromatic heterocycles. The molecule has 0 aliphatic rings. The number of phenolic OH excluding ortho intramolecular Hbond substituents is 1. The fourth-order valence-electron chi connectivity index (χ4n) is 4.74. The Morgan fingerprint density at radius 1 is 0.875 bits per heavy atom. The van der Waals surface area contributed by atoms with Crippen LogP contribution in [-0.2, 0) is 18.3 Å². The van der Waals surface area contributed by atoms with Gasteiger partial charge in [0.15, 0.2) is 0 Å². The van der Waals surface area contributed by atoms with Crippen LogP contribution in [0.4, 0.5) is 0 Å². The van der Waals surface area contributed by atoms with Crippen molar-refractivity contribution in [3.8, 4) is 11.6 Å². The van der Waals surface area contributed by atoms with Gasteiger partial charge in [-0.3, -0.25) is 4.57 Å². The molecule has 0 saturated carbocycles. The minimum Gasteiger partial charge on any atom is -0.508 e. The Hall–Kier alpha value is -2.81. The van der Waals surface area contributed by atoms with E-state index in [0.717, 1.165) is 29.7 Å². The van der Waals surface area contributed by atoms with E-state index in [1.54, 1.807) is 6.07 Å². The molecule has 1 N–H and O–H groups in total. The van der Waals surface area contributed by atoms with Crippen LogP contribution in [0.3, 0.4) is 0 Å². The van der Waals surface area contributed by atoms with Crippen LogP contribution in [-0.4, -0.2) is 14.7 Å². The third kappa shape index (κ3) is 4.13. The first kappa shape index (κ1) is 22.4. The van der Waals surface area contributed by atoms with Gasteiger partial charge in [0.1, 0.15) is 11.6 Å². The topological polar surface area (TPSA) is 38.0 Å². The summed E-state index contributed by atoms with van der Waals surface area (Å²) in [5, 5.41) is 12.8. The van der Waals surface area contributed by atoms with E-state index in [1.807, 2.05) is 12.3 Å². The van der Waals surface area contributed by atoms with E-state index in [4.69, 9.17) is 4.98 Å². The Labute approximate surface area is 192 Å². The van der Waals surface area contributed by atoms with Gasteiger partial charge in [-0.05, 0) is 77.1 Å². The average molecular weight is 429 g/mol. The highest BCUT2D eigenvalue weighted by atomic mass is 16.3. The molecule has 0 aliphatic carbocycles. The molecule has 0 unspecified atom stereocenters. The molecule has 0 atom stereocenters. The second-order valence-electron chi connectivity index (χ2n) is 11.0. The summed E-state index contributed by atoms with van der Waals surface area (Å²) in [7, 11) is 0. The summed E-state index contributed by atoms with van der Waals surface area (Å²) in [6.07, 6.45) is 4.01. The normalized spacial score (nSPS) is 12.5.